The summed E-state index contributed by atoms with van der Waals surface area (Å²) in [5, 5.41) is 0. The Morgan fingerprint density at radius 1 is 1.24 bits per heavy atom. The Morgan fingerprint density at radius 2 is 1.90 bits per heavy atom. The van der Waals surface area contributed by atoms with E-state index in [1.165, 1.54) is 5.56 Å². The average Bonchev–Trinajstić information content (AvgIpc) is 2.93. The molecule has 29 heavy (non-hydrogen) atoms. The van der Waals surface area contributed by atoms with Crippen LogP contribution >= 0.6 is 0 Å². The number of likely N-dealkylation sites (tertiary alicyclic amines) is 1. The van der Waals surface area contributed by atoms with Gasteiger partial charge in [-0.2, -0.15) is 0 Å². The second kappa shape index (κ2) is 9.75. The number of nitrogens with two attached hydrogens (primary N) is 1. The van der Waals surface area contributed by atoms with Crippen LogP contribution < -0.4 is 5.73 Å². The van der Waals surface area contributed by atoms with E-state index in [-0.39, 0.29) is 11.9 Å². The lowest BCUT2D eigenvalue weighted by atomic mass is 9.67. The maximum atomic E-state index is 13.6. The summed E-state index contributed by atoms with van der Waals surface area (Å²) < 4.78 is 5.72. The first-order valence-electron chi connectivity index (χ1n) is 10.9. The Balaban J connectivity index is 2.25. The smallest absolute Gasteiger partial charge is 0.310 e. The molecule has 0 bridgehead atoms. The van der Waals surface area contributed by atoms with Gasteiger partial charge in [0.15, 0.2) is 0 Å². The zero-order chi connectivity index (χ0) is 21.7. The van der Waals surface area contributed by atoms with E-state index >= 15 is 0 Å². The molecule has 2 unspecified atom stereocenters. The van der Waals surface area contributed by atoms with E-state index in [1.54, 1.807) is 0 Å². The van der Waals surface area contributed by atoms with Crippen LogP contribution in [0.5, 0.6) is 0 Å². The van der Waals surface area contributed by atoms with Crippen molar-refractivity contribution in [3.63, 3.8) is 0 Å². The third-order valence-corrected chi connectivity index (χ3v) is 5.64. The molecule has 1 aliphatic heterocycles. The number of hydrogen-bond donors (Lipinski definition) is 1. The SMILES string of the molecule is CC(C)CC1(C(CCN)C(=O)OC(C)(C)C)CCN(CCc2ccccc2)C1=O. The molecule has 1 aromatic carbocycles. The molecule has 1 fully saturated rings. The van der Waals surface area contributed by atoms with Crippen molar-refractivity contribution in [2.24, 2.45) is 23.0 Å². The molecular weight excluding hydrogens is 364 g/mol. The molecule has 5 heteroatoms. The van der Waals surface area contributed by atoms with E-state index in [4.69, 9.17) is 10.5 Å². The molecule has 2 atom stereocenters. The fraction of sp³-hybridized carbons (Fsp3) is 0.667. The summed E-state index contributed by atoms with van der Waals surface area (Å²) in [6.07, 6.45) is 2.65. The van der Waals surface area contributed by atoms with Gasteiger partial charge in [-0.25, -0.2) is 0 Å². The fourth-order valence-electron chi connectivity index (χ4n) is 4.52. The minimum atomic E-state index is -0.716. The van der Waals surface area contributed by atoms with Gasteiger partial charge in [0.2, 0.25) is 5.91 Å². The molecule has 0 radical (unpaired) electrons. The Bertz CT molecular complexity index is 681. The van der Waals surface area contributed by atoms with Gasteiger partial charge in [-0.3, -0.25) is 9.59 Å². The Hall–Kier alpha value is -1.88. The predicted octanol–water partition coefficient (Wildman–Crippen LogP) is 3.80. The summed E-state index contributed by atoms with van der Waals surface area (Å²) >= 11 is 0. The second-order valence-corrected chi connectivity index (χ2v) is 9.70. The molecule has 5 nitrogen and oxygen atoms in total. The van der Waals surface area contributed by atoms with E-state index in [1.807, 2.05) is 43.9 Å². The normalized spacial score (nSPS) is 20.9. The second-order valence-electron chi connectivity index (χ2n) is 9.70. The largest absolute Gasteiger partial charge is 0.460 e. The number of benzene rings is 1. The zero-order valence-corrected chi connectivity index (χ0v) is 18.7. The van der Waals surface area contributed by atoms with E-state index < -0.39 is 16.9 Å². The van der Waals surface area contributed by atoms with Gasteiger partial charge in [0.05, 0.1) is 11.3 Å². The summed E-state index contributed by atoms with van der Waals surface area (Å²) in [6.45, 7) is 11.5. The first kappa shape index (κ1) is 23.4. The Morgan fingerprint density at radius 3 is 2.45 bits per heavy atom. The number of carbonyl (C=O) groups excluding carboxylic acids is 2. The number of amides is 1. The van der Waals surface area contributed by atoms with Crippen LogP contribution in [0.3, 0.4) is 0 Å². The molecule has 162 valence electrons. The topological polar surface area (TPSA) is 72.6 Å². The van der Waals surface area contributed by atoms with Crippen molar-refractivity contribution in [2.75, 3.05) is 19.6 Å². The maximum Gasteiger partial charge on any atom is 0.310 e. The minimum absolute atomic E-state index is 0.0893. The number of carbonyl (C=O) groups is 2. The molecule has 0 spiro atoms. The molecule has 1 aromatic rings. The van der Waals surface area contributed by atoms with Crippen LogP contribution in [0.2, 0.25) is 0 Å². The third kappa shape index (κ3) is 6.05. The van der Waals surface area contributed by atoms with Crippen LogP contribution in [0, 0.1) is 17.3 Å². The molecule has 1 saturated heterocycles. The fourth-order valence-corrected chi connectivity index (χ4v) is 4.52. The lowest BCUT2D eigenvalue weighted by Crippen LogP contribution is -2.47. The highest BCUT2D eigenvalue weighted by Crippen LogP contribution is 2.46. The van der Waals surface area contributed by atoms with Gasteiger partial charge in [-0.15, -0.1) is 0 Å². The van der Waals surface area contributed by atoms with Crippen LogP contribution in [-0.2, 0) is 20.7 Å². The molecule has 0 saturated carbocycles. The predicted molar refractivity (Wildman–Crippen MR) is 116 cm³/mol. The maximum absolute atomic E-state index is 13.6. The molecule has 2 N–H and O–H groups in total. The van der Waals surface area contributed by atoms with E-state index in [9.17, 15) is 9.59 Å². The lowest BCUT2D eigenvalue weighted by Gasteiger charge is -2.37. The van der Waals surface area contributed by atoms with Crippen LogP contribution in [0.15, 0.2) is 30.3 Å². The highest BCUT2D eigenvalue weighted by molar-refractivity contribution is 5.90. The van der Waals surface area contributed by atoms with Gasteiger partial charge in [-0.05, 0) is 64.5 Å². The summed E-state index contributed by atoms with van der Waals surface area (Å²) in [7, 11) is 0. The molecule has 1 aliphatic rings. The van der Waals surface area contributed by atoms with E-state index in [0.717, 1.165) is 6.42 Å². The third-order valence-electron chi connectivity index (χ3n) is 5.64. The quantitative estimate of drug-likeness (QED) is 0.638. The summed E-state index contributed by atoms with van der Waals surface area (Å²) in [6, 6.07) is 10.2. The molecule has 1 amide bonds. The van der Waals surface area contributed by atoms with Crippen LogP contribution in [0.25, 0.3) is 0 Å². The summed E-state index contributed by atoms with van der Waals surface area (Å²) in [4.78, 5) is 28.7. The Labute approximate surface area is 176 Å². The summed E-state index contributed by atoms with van der Waals surface area (Å²) in [5.41, 5.74) is 5.78. The lowest BCUT2D eigenvalue weighted by molar-refractivity contribution is -0.169. The first-order chi connectivity index (χ1) is 13.6. The molecule has 0 aromatic heterocycles. The van der Waals surface area contributed by atoms with Gasteiger partial charge in [0.1, 0.15) is 5.60 Å². The minimum Gasteiger partial charge on any atom is -0.460 e. The number of hydrogen-bond acceptors (Lipinski definition) is 4. The van der Waals surface area contributed by atoms with Crippen molar-refractivity contribution >= 4 is 11.9 Å². The average molecular weight is 403 g/mol. The molecule has 2 rings (SSSR count). The van der Waals surface area contributed by atoms with Crippen molar-refractivity contribution < 1.29 is 14.3 Å². The standard InChI is InChI=1S/C24H38N2O3/c1-18(2)17-24(20(11-14-25)21(27)29-23(3,4)5)13-16-26(22(24)28)15-12-19-9-7-6-8-10-19/h6-10,18,20H,11-17,25H2,1-5H3. The van der Waals surface area contributed by atoms with Gasteiger partial charge >= 0.3 is 5.97 Å². The summed E-state index contributed by atoms with van der Waals surface area (Å²) in [5.74, 6) is -0.396. The van der Waals surface area contributed by atoms with Crippen LogP contribution in [0.1, 0.15) is 59.4 Å². The van der Waals surface area contributed by atoms with Gasteiger partial charge in [-0.1, -0.05) is 44.2 Å². The highest BCUT2D eigenvalue weighted by Gasteiger charge is 2.54. The van der Waals surface area contributed by atoms with E-state index in [2.05, 4.69) is 26.0 Å². The van der Waals surface area contributed by atoms with Gasteiger partial charge < -0.3 is 15.4 Å². The van der Waals surface area contributed by atoms with Gasteiger partial charge in [0.25, 0.3) is 0 Å². The number of nitrogens with zero attached hydrogens (tertiary/aromatic N) is 1. The number of rotatable bonds is 9. The highest BCUT2D eigenvalue weighted by atomic mass is 16.6. The van der Waals surface area contributed by atoms with Crippen molar-refractivity contribution in [1.29, 1.82) is 0 Å². The van der Waals surface area contributed by atoms with Crippen molar-refractivity contribution in [2.45, 2.75) is 65.9 Å². The molecule has 1 heterocycles. The zero-order valence-electron chi connectivity index (χ0n) is 18.7. The number of esters is 1. The first-order valence-corrected chi connectivity index (χ1v) is 10.9. The van der Waals surface area contributed by atoms with Crippen molar-refractivity contribution in [1.82, 2.24) is 4.90 Å². The molecular formula is C24H38N2O3. The van der Waals surface area contributed by atoms with Crippen molar-refractivity contribution in [3.8, 4) is 0 Å². The monoisotopic (exact) mass is 402 g/mol. The van der Waals surface area contributed by atoms with Crippen LogP contribution in [0.4, 0.5) is 0 Å². The van der Waals surface area contributed by atoms with Crippen LogP contribution in [-0.4, -0.2) is 42.0 Å². The molecule has 0 aliphatic carbocycles. The number of ether oxygens (including phenoxy) is 1. The van der Waals surface area contributed by atoms with Gasteiger partial charge in [0, 0.05) is 13.1 Å². The van der Waals surface area contributed by atoms with Crippen molar-refractivity contribution in [3.05, 3.63) is 35.9 Å². The Kier molecular flexibility index (Phi) is 7.87. The van der Waals surface area contributed by atoms with E-state index in [0.29, 0.717) is 44.8 Å².